The van der Waals surface area contributed by atoms with Crippen LogP contribution < -0.4 is 14.8 Å². The van der Waals surface area contributed by atoms with Gasteiger partial charge in [-0.3, -0.25) is 0 Å². The van der Waals surface area contributed by atoms with Crippen LogP contribution in [0.15, 0.2) is 29.1 Å². The highest BCUT2D eigenvalue weighted by Gasteiger charge is 2.33. The Balaban J connectivity index is 1.54. The number of rotatable bonds is 6. The lowest BCUT2D eigenvalue weighted by molar-refractivity contribution is -0.275. The molecule has 2 amide bonds. The first-order valence-corrected chi connectivity index (χ1v) is 9.76. The van der Waals surface area contributed by atoms with Gasteiger partial charge < -0.3 is 24.7 Å². The van der Waals surface area contributed by atoms with E-state index in [9.17, 15) is 18.0 Å². The summed E-state index contributed by atoms with van der Waals surface area (Å²) in [7, 11) is 0. The second kappa shape index (κ2) is 7.82. The molecule has 0 bridgehead atoms. The SMILES string of the molecule is O=C(NCc1cc2cc(OC(F)(F)F)c(OCc3cscn3)cc2[nH]1)N1CCC1. The molecule has 0 unspecified atom stereocenters. The number of nitrogens with one attached hydrogen (secondary N) is 2. The largest absolute Gasteiger partial charge is 0.573 e. The van der Waals surface area contributed by atoms with Gasteiger partial charge in [0, 0.05) is 41.1 Å². The smallest absolute Gasteiger partial charge is 0.483 e. The van der Waals surface area contributed by atoms with Gasteiger partial charge >= 0.3 is 12.4 Å². The Labute approximate surface area is 167 Å². The molecule has 2 N–H and O–H groups in total. The van der Waals surface area contributed by atoms with Crippen molar-refractivity contribution in [1.82, 2.24) is 20.2 Å². The van der Waals surface area contributed by atoms with Crippen LogP contribution in [0.4, 0.5) is 18.0 Å². The van der Waals surface area contributed by atoms with Gasteiger partial charge in [-0.15, -0.1) is 24.5 Å². The number of H-pyrrole nitrogens is 1. The number of carbonyl (C=O) groups is 1. The van der Waals surface area contributed by atoms with Crippen LogP contribution in [0.2, 0.25) is 0 Å². The molecule has 0 atom stereocenters. The van der Waals surface area contributed by atoms with Gasteiger partial charge in [0.15, 0.2) is 11.5 Å². The number of alkyl halides is 3. The van der Waals surface area contributed by atoms with E-state index in [0.29, 0.717) is 22.3 Å². The summed E-state index contributed by atoms with van der Waals surface area (Å²) < 4.78 is 48.1. The molecule has 0 aliphatic carbocycles. The van der Waals surface area contributed by atoms with Crippen molar-refractivity contribution >= 4 is 28.3 Å². The number of hydrogen-bond acceptors (Lipinski definition) is 5. The number of halogens is 3. The zero-order valence-electron chi connectivity index (χ0n) is 15.1. The minimum atomic E-state index is -4.85. The Morgan fingerprint density at radius 1 is 1.28 bits per heavy atom. The van der Waals surface area contributed by atoms with Crippen LogP contribution in [0.25, 0.3) is 10.9 Å². The van der Waals surface area contributed by atoms with Crippen molar-refractivity contribution in [3.8, 4) is 11.5 Å². The Bertz CT molecular complexity index is 1000. The summed E-state index contributed by atoms with van der Waals surface area (Å²) in [5.74, 6) is -0.490. The van der Waals surface area contributed by atoms with Crippen molar-refractivity contribution < 1.29 is 27.4 Å². The number of amides is 2. The Morgan fingerprint density at radius 3 is 2.76 bits per heavy atom. The monoisotopic (exact) mass is 426 g/mol. The minimum absolute atomic E-state index is 0.0165. The summed E-state index contributed by atoms with van der Waals surface area (Å²) in [6.07, 6.45) is -3.86. The zero-order valence-corrected chi connectivity index (χ0v) is 15.9. The number of carbonyl (C=O) groups excluding carboxylic acids is 1. The first-order chi connectivity index (χ1) is 13.9. The maximum atomic E-state index is 12.8. The molecule has 29 heavy (non-hydrogen) atoms. The average molecular weight is 426 g/mol. The van der Waals surface area contributed by atoms with E-state index < -0.39 is 12.1 Å². The normalized spacial score (nSPS) is 14.0. The quantitative estimate of drug-likeness (QED) is 0.624. The third-order valence-electron chi connectivity index (χ3n) is 4.40. The van der Waals surface area contributed by atoms with Crippen molar-refractivity contribution in [2.75, 3.05) is 13.1 Å². The molecule has 7 nitrogen and oxygen atoms in total. The van der Waals surface area contributed by atoms with E-state index in [4.69, 9.17) is 4.74 Å². The first kappa shape index (κ1) is 19.4. The van der Waals surface area contributed by atoms with Gasteiger partial charge in [-0.1, -0.05) is 0 Å². The Kier molecular flexibility index (Phi) is 5.22. The fourth-order valence-electron chi connectivity index (χ4n) is 2.88. The van der Waals surface area contributed by atoms with Gasteiger partial charge in [-0.25, -0.2) is 9.78 Å². The van der Waals surface area contributed by atoms with Gasteiger partial charge in [-0.2, -0.15) is 0 Å². The highest BCUT2D eigenvalue weighted by atomic mass is 32.1. The molecule has 3 heterocycles. The third kappa shape index (κ3) is 4.73. The number of benzene rings is 1. The molecule has 1 aromatic carbocycles. The van der Waals surface area contributed by atoms with Gasteiger partial charge in [0.2, 0.25) is 0 Å². The van der Waals surface area contributed by atoms with Crippen molar-refractivity contribution in [3.05, 3.63) is 40.5 Å². The third-order valence-corrected chi connectivity index (χ3v) is 5.03. The number of ether oxygens (including phenoxy) is 2. The molecule has 0 spiro atoms. The molecule has 1 aliphatic heterocycles. The lowest BCUT2D eigenvalue weighted by Crippen LogP contribution is -2.47. The Morgan fingerprint density at radius 2 is 2.10 bits per heavy atom. The number of nitrogens with zero attached hydrogens (tertiary/aromatic N) is 2. The standard InChI is InChI=1S/C18H17F3N4O3S/c19-18(20,21)28-16-5-11-4-12(7-22-17(26)25-2-1-3-25)24-14(11)6-15(16)27-8-13-9-29-10-23-13/h4-6,9-10,24H,1-3,7-8H2,(H,22,26). The molecule has 2 aromatic heterocycles. The minimum Gasteiger partial charge on any atom is -0.483 e. The van der Waals surface area contributed by atoms with Crippen LogP contribution in [0, 0.1) is 0 Å². The molecule has 11 heteroatoms. The number of urea groups is 1. The maximum absolute atomic E-state index is 12.8. The summed E-state index contributed by atoms with van der Waals surface area (Å²) in [6, 6.07) is 4.21. The van der Waals surface area contributed by atoms with Crippen LogP contribution in [0.5, 0.6) is 11.5 Å². The number of aromatic nitrogens is 2. The highest BCUT2D eigenvalue weighted by molar-refractivity contribution is 7.07. The van der Waals surface area contributed by atoms with Crippen molar-refractivity contribution in [1.29, 1.82) is 0 Å². The highest BCUT2D eigenvalue weighted by Crippen LogP contribution is 2.36. The molecule has 0 radical (unpaired) electrons. The molecule has 4 rings (SSSR count). The fraction of sp³-hybridized carbons (Fsp3) is 0.333. The van der Waals surface area contributed by atoms with Crippen molar-refractivity contribution in [2.24, 2.45) is 0 Å². The van der Waals surface area contributed by atoms with Crippen LogP contribution in [-0.2, 0) is 13.2 Å². The average Bonchev–Trinajstić information content (AvgIpc) is 3.24. The molecule has 1 fully saturated rings. The van der Waals surface area contributed by atoms with Crippen LogP contribution in [0.1, 0.15) is 17.8 Å². The van der Waals surface area contributed by atoms with Gasteiger partial charge in [0.1, 0.15) is 6.61 Å². The molecule has 0 saturated carbocycles. The number of aromatic amines is 1. The molecule has 3 aromatic rings. The molecular weight excluding hydrogens is 409 g/mol. The predicted molar refractivity (Wildman–Crippen MR) is 99.9 cm³/mol. The molecule has 154 valence electrons. The second-order valence-electron chi connectivity index (χ2n) is 6.50. The van der Waals surface area contributed by atoms with Crippen molar-refractivity contribution in [3.63, 3.8) is 0 Å². The Hall–Kier alpha value is -2.95. The van der Waals surface area contributed by atoms with E-state index in [0.717, 1.165) is 19.5 Å². The van der Waals surface area contributed by atoms with E-state index in [1.165, 1.54) is 23.5 Å². The van der Waals surface area contributed by atoms with Gasteiger partial charge in [0.25, 0.3) is 0 Å². The van der Waals surface area contributed by atoms with Crippen LogP contribution in [0.3, 0.4) is 0 Å². The fourth-order valence-corrected chi connectivity index (χ4v) is 3.42. The molecule has 1 aliphatic rings. The van der Waals surface area contributed by atoms with E-state index in [1.54, 1.807) is 21.9 Å². The molecular formula is C18H17F3N4O3S. The summed E-state index contributed by atoms with van der Waals surface area (Å²) in [5.41, 5.74) is 3.44. The summed E-state index contributed by atoms with van der Waals surface area (Å²) in [5, 5.41) is 5.04. The lowest BCUT2D eigenvalue weighted by Gasteiger charge is -2.30. The van der Waals surface area contributed by atoms with Gasteiger partial charge in [-0.05, 0) is 18.6 Å². The van der Waals surface area contributed by atoms with E-state index in [2.05, 4.69) is 20.0 Å². The lowest BCUT2D eigenvalue weighted by atomic mass is 10.2. The van der Waals surface area contributed by atoms with E-state index >= 15 is 0 Å². The number of fused-ring (bicyclic) bond motifs is 1. The van der Waals surface area contributed by atoms with Crippen LogP contribution >= 0.6 is 11.3 Å². The van der Waals surface area contributed by atoms with Crippen LogP contribution in [-0.4, -0.2) is 40.4 Å². The summed E-state index contributed by atoms with van der Waals surface area (Å²) in [4.78, 5) is 20.7. The van der Waals surface area contributed by atoms with Gasteiger partial charge in [0.05, 0.1) is 17.7 Å². The number of thiazole rings is 1. The first-order valence-electron chi connectivity index (χ1n) is 8.81. The second-order valence-corrected chi connectivity index (χ2v) is 7.22. The predicted octanol–water partition coefficient (Wildman–Crippen LogP) is 4.02. The maximum Gasteiger partial charge on any atom is 0.573 e. The number of hydrogen-bond donors (Lipinski definition) is 2. The zero-order chi connectivity index (χ0) is 20.4. The van der Waals surface area contributed by atoms with E-state index in [-0.39, 0.29) is 24.9 Å². The van der Waals surface area contributed by atoms with Crippen molar-refractivity contribution in [2.45, 2.75) is 25.9 Å². The topological polar surface area (TPSA) is 79.5 Å². The summed E-state index contributed by atoms with van der Waals surface area (Å²) in [6.45, 7) is 1.71. The summed E-state index contributed by atoms with van der Waals surface area (Å²) >= 11 is 1.36. The van der Waals surface area contributed by atoms with E-state index in [1.807, 2.05) is 0 Å². The molecule has 1 saturated heterocycles. The number of likely N-dealkylation sites (tertiary alicyclic amines) is 1.